The Balaban J connectivity index is 2.08. The van der Waals surface area contributed by atoms with E-state index in [1.54, 1.807) is 19.1 Å². The van der Waals surface area contributed by atoms with Gasteiger partial charge in [-0.15, -0.1) is 0 Å². The lowest BCUT2D eigenvalue weighted by Crippen LogP contribution is -2.52. The number of amides is 1. The SMILES string of the molecule is CCC(CC)C(CNC(=O)c1ccc(C)c([N+](=O)[O-])c1)N1CCOCC1. The minimum absolute atomic E-state index is 0.0256. The van der Waals surface area contributed by atoms with Crippen LogP contribution in [0, 0.1) is 23.0 Å². The molecule has 0 saturated carbocycles. The molecule has 1 aromatic carbocycles. The van der Waals surface area contributed by atoms with Crippen LogP contribution in [0.25, 0.3) is 0 Å². The van der Waals surface area contributed by atoms with Crippen LogP contribution in [-0.4, -0.2) is 54.6 Å². The molecule has 0 radical (unpaired) electrons. The van der Waals surface area contributed by atoms with Crippen molar-refractivity contribution in [1.29, 1.82) is 0 Å². The molecule has 1 saturated heterocycles. The van der Waals surface area contributed by atoms with Gasteiger partial charge in [-0.2, -0.15) is 0 Å². The number of aryl methyl sites for hydroxylation is 1. The molecule has 1 aliphatic heterocycles. The van der Waals surface area contributed by atoms with Gasteiger partial charge >= 0.3 is 0 Å². The highest BCUT2D eigenvalue weighted by molar-refractivity contribution is 5.95. The third-order valence-corrected chi connectivity index (χ3v) is 5.25. The number of carbonyl (C=O) groups excluding carboxylic acids is 1. The van der Waals surface area contributed by atoms with Gasteiger partial charge in [0.1, 0.15) is 0 Å². The number of nitro benzene ring substituents is 1. The van der Waals surface area contributed by atoms with Gasteiger partial charge in [-0.3, -0.25) is 19.8 Å². The molecule has 1 atom stereocenters. The Kier molecular flexibility index (Phi) is 7.53. The van der Waals surface area contributed by atoms with E-state index in [0.717, 1.165) is 39.1 Å². The highest BCUT2D eigenvalue weighted by Crippen LogP contribution is 2.21. The summed E-state index contributed by atoms with van der Waals surface area (Å²) in [4.78, 5) is 25.6. The van der Waals surface area contributed by atoms with E-state index in [4.69, 9.17) is 4.74 Å². The minimum Gasteiger partial charge on any atom is -0.379 e. The Morgan fingerprint density at radius 3 is 2.54 bits per heavy atom. The number of benzene rings is 1. The van der Waals surface area contributed by atoms with E-state index in [1.807, 2.05) is 0 Å². The average molecular weight is 363 g/mol. The van der Waals surface area contributed by atoms with Crippen LogP contribution >= 0.6 is 0 Å². The Labute approximate surface area is 154 Å². The predicted octanol–water partition coefficient (Wildman–Crippen LogP) is 2.77. The van der Waals surface area contributed by atoms with Crippen LogP contribution in [0.1, 0.15) is 42.6 Å². The predicted molar refractivity (Wildman–Crippen MR) is 100 cm³/mol. The first-order valence-electron chi connectivity index (χ1n) is 9.32. The smallest absolute Gasteiger partial charge is 0.273 e. The molecule has 2 rings (SSSR count). The summed E-state index contributed by atoms with van der Waals surface area (Å²) >= 11 is 0. The Morgan fingerprint density at radius 2 is 1.96 bits per heavy atom. The van der Waals surface area contributed by atoms with Gasteiger partial charge in [0, 0.05) is 42.9 Å². The maximum absolute atomic E-state index is 12.5. The zero-order valence-corrected chi connectivity index (χ0v) is 15.9. The van der Waals surface area contributed by atoms with Gasteiger partial charge in [0.2, 0.25) is 0 Å². The molecule has 144 valence electrons. The van der Waals surface area contributed by atoms with Gasteiger partial charge in [-0.1, -0.05) is 32.8 Å². The summed E-state index contributed by atoms with van der Waals surface area (Å²) in [5.41, 5.74) is 0.852. The van der Waals surface area contributed by atoms with Gasteiger partial charge in [-0.05, 0) is 18.9 Å². The molecule has 1 aliphatic rings. The van der Waals surface area contributed by atoms with E-state index in [9.17, 15) is 14.9 Å². The number of morpholine rings is 1. The average Bonchev–Trinajstić information content (AvgIpc) is 2.65. The largest absolute Gasteiger partial charge is 0.379 e. The third kappa shape index (κ3) is 5.02. The number of hydrogen-bond acceptors (Lipinski definition) is 5. The van der Waals surface area contributed by atoms with Crippen molar-refractivity contribution in [2.45, 2.75) is 39.7 Å². The third-order valence-electron chi connectivity index (χ3n) is 5.25. The van der Waals surface area contributed by atoms with Gasteiger partial charge in [0.25, 0.3) is 11.6 Å². The highest BCUT2D eigenvalue weighted by atomic mass is 16.6. The zero-order chi connectivity index (χ0) is 19.1. The minimum atomic E-state index is -0.452. The van der Waals surface area contributed by atoms with Gasteiger partial charge in [0.05, 0.1) is 18.1 Å². The number of rotatable bonds is 8. The van der Waals surface area contributed by atoms with Crippen LogP contribution in [-0.2, 0) is 4.74 Å². The van der Waals surface area contributed by atoms with Crippen LogP contribution in [0.5, 0.6) is 0 Å². The van der Waals surface area contributed by atoms with Gasteiger partial charge in [0.15, 0.2) is 0 Å². The summed E-state index contributed by atoms with van der Waals surface area (Å²) in [5.74, 6) is 0.220. The second-order valence-corrected chi connectivity index (χ2v) is 6.76. The fraction of sp³-hybridized carbons (Fsp3) is 0.632. The molecule has 1 unspecified atom stereocenters. The van der Waals surface area contributed by atoms with Crippen molar-refractivity contribution in [3.8, 4) is 0 Å². The maximum atomic E-state index is 12.5. The van der Waals surface area contributed by atoms with Crippen LogP contribution in [0.4, 0.5) is 5.69 Å². The molecule has 1 heterocycles. The molecule has 0 bridgehead atoms. The molecule has 0 spiro atoms. The number of hydrogen-bond donors (Lipinski definition) is 1. The molecule has 0 aromatic heterocycles. The summed E-state index contributed by atoms with van der Waals surface area (Å²) in [6, 6.07) is 4.86. The van der Waals surface area contributed by atoms with Crippen molar-refractivity contribution in [2.75, 3.05) is 32.8 Å². The monoisotopic (exact) mass is 363 g/mol. The lowest BCUT2D eigenvalue weighted by Gasteiger charge is -2.38. The number of ether oxygens (including phenoxy) is 1. The molecule has 1 amide bonds. The number of nitrogens with zero attached hydrogens (tertiary/aromatic N) is 2. The van der Waals surface area contributed by atoms with E-state index in [-0.39, 0.29) is 17.6 Å². The van der Waals surface area contributed by atoms with Crippen LogP contribution in [0.2, 0.25) is 0 Å². The van der Waals surface area contributed by atoms with E-state index in [1.165, 1.54) is 6.07 Å². The van der Waals surface area contributed by atoms with Crippen molar-refractivity contribution in [3.05, 3.63) is 39.4 Å². The Morgan fingerprint density at radius 1 is 1.31 bits per heavy atom. The molecule has 1 aromatic rings. The Hall–Kier alpha value is -1.99. The highest BCUT2D eigenvalue weighted by Gasteiger charge is 2.27. The van der Waals surface area contributed by atoms with Crippen molar-refractivity contribution in [2.24, 2.45) is 5.92 Å². The number of carbonyl (C=O) groups is 1. The molecule has 7 nitrogen and oxygen atoms in total. The lowest BCUT2D eigenvalue weighted by atomic mass is 9.92. The zero-order valence-electron chi connectivity index (χ0n) is 15.9. The fourth-order valence-electron chi connectivity index (χ4n) is 3.58. The van der Waals surface area contributed by atoms with Gasteiger partial charge in [-0.25, -0.2) is 0 Å². The molecule has 1 fully saturated rings. The first-order chi connectivity index (χ1) is 12.5. The fourth-order valence-corrected chi connectivity index (χ4v) is 3.58. The van der Waals surface area contributed by atoms with Gasteiger partial charge < -0.3 is 10.1 Å². The van der Waals surface area contributed by atoms with Crippen LogP contribution in [0.3, 0.4) is 0 Å². The Bertz CT molecular complexity index is 625. The van der Waals surface area contributed by atoms with Crippen LogP contribution in [0.15, 0.2) is 18.2 Å². The standard InChI is InChI=1S/C19H29N3O4/c1-4-15(5-2)18(21-8-10-26-11-9-21)13-20-19(23)16-7-6-14(3)17(12-16)22(24)25/h6-7,12,15,18H,4-5,8-11,13H2,1-3H3,(H,20,23). The summed E-state index contributed by atoms with van der Waals surface area (Å²) < 4.78 is 5.45. The first kappa shape index (κ1) is 20.3. The van der Waals surface area contributed by atoms with Crippen molar-refractivity contribution < 1.29 is 14.5 Å². The maximum Gasteiger partial charge on any atom is 0.273 e. The second kappa shape index (κ2) is 9.64. The summed E-state index contributed by atoms with van der Waals surface area (Å²) in [6.45, 7) is 9.72. The summed E-state index contributed by atoms with van der Waals surface area (Å²) in [7, 11) is 0. The van der Waals surface area contributed by atoms with Crippen molar-refractivity contribution in [3.63, 3.8) is 0 Å². The summed E-state index contributed by atoms with van der Waals surface area (Å²) in [5, 5.41) is 14.1. The lowest BCUT2D eigenvalue weighted by molar-refractivity contribution is -0.385. The number of nitro groups is 1. The summed E-state index contributed by atoms with van der Waals surface area (Å²) in [6.07, 6.45) is 2.09. The van der Waals surface area contributed by atoms with E-state index in [2.05, 4.69) is 24.1 Å². The normalized spacial score (nSPS) is 16.5. The van der Waals surface area contributed by atoms with Crippen LogP contribution < -0.4 is 5.32 Å². The van der Waals surface area contributed by atoms with Crippen molar-refractivity contribution in [1.82, 2.24) is 10.2 Å². The first-order valence-corrected chi connectivity index (χ1v) is 9.32. The second-order valence-electron chi connectivity index (χ2n) is 6.76. The molecular formula is C19H29N3O4. The number of nitrogens with one attached hydrogen (secondary N) is 1. The molecule has 1 N–H and O–H groups in total. The van der Waals surface area contributed by atoms with E-state index < -0.39 is 4.92 Å². The molecule has 26 heavy (non-hydrogen) atoms. The van der Waals surface area contributed by atoms with E-state index >= 15 is 0 Å². The van der Waals surface area contributed by atoms with Crippen molar-refractivity contribution >= 4 is 11.6 Å². The quantitative estimate of drug-likeness (QED) is 0.567. The molecular weight excluding hydrogens is 334 g/mol. The topological polar surface area (TPSA) is 84.7 Å². The molecule has 7 heteroatoms. The molecule has 0 aliphatic carbocycles. The van der Waals surface area contributed by atoms with E-state index in [0.29, 0.717) is 23.6 Å².